The Hall–Kier alpha value is -1.97. The number of methoxy groups -OCH3 is 1. The minimum atomic E-state index is -0.201. The molecule has 1 aromatic carbocycles. The van der Waals surface area contributed by atoms with E-state index in [4.69, 9.17) is 4.74 Å². The number of hydrogen-bond donors (Lipinski definition) is 2. The molecule has 0 aromatic heterocycles. The molecule has 0 spiro atoms. The lowest BCUT2D eigenvalue weighted by Gasteiger charge is -2.15. The second kappa shape index (κ2) is 7.58. The number of nitrogens with one attached hydrogen (secondary N) is 2. The van der Waals surface area contributed by atoms with Crippen LogP contribution in [0.5, 0.6) is 5.75 Å². The van der Waals surface area contributed by atoms with E-state index in [1.807, 2.05) is 38.1 Å². The lowest BCUT2D eigenvalue weighted by molar-refractivity contribution is 0.241. The smallest absolute Gasteiger partial charge is 0.319 e. The fourth-order valence-electron chi connectivity index (χ4n) is 1.56. The normalized spacial score (nSPS) is 13.0. The zero-order valence-corrected chi connectivity index (χ0v) is 12.9. The second-order valence-corrected chi connectivity index (χ2v) is 5.16. The van der Waals surface area contributed by atoms with Crippen molar-refractivity contribution in [2.45, 2.75) is 33.7 Å². The zero-order chi connectivity index (χ0) is 15.1. The molecular weight excluding hydrogens is 252 g/mol. The van der Waals surface area contributed by atoms with Crippen molar-refractivity contribution in [3.63, 3.8) is 0 Å². The molecule has 0 aliphatic carbocycles. The first kappa shape index (κ1) is 16.1. The third kappa shape index (κ3) is 4.96. The van der Waals surface area contributed by atoms with Gasteiger partial charge in [0.15, 0.2) is 0 Å². The molecule has 20 heavy (non-hydrogen) atoms. The molecule has 4 heteroatoms. The molecule has 0 heterocycles. The van der Waals surface area contributed by atoms with Gasteiger partial charge in [0.2, 0.25) is 0 Å². The first-order valence-electron chi connectivity index (χ1n) is 6.81. The summed E-state index contributed by atoms with van der Waals surface area (Å²) in [5.41, 5.74) is 2.17. The average molecular weight is 276 g/mol. The van der Waals surface area contributed by atoms with E-state index >= 15 is 0 Å². The number of ether oxygens (including phenoxy) is 1. The first-order valence-corrected chi connectivity index (χ1v) is 6.81. The summed E-state index contributed by atoms with van der Waals surface area (Å²) in [6.45, 7) is 8.12. The molecule has 110 valence electrons. The Morgan fingerprint density at radius 2 is 1.80 bits per heavy atom. The molecule has 1 rings (SSSR count). The number of amides is 2. The van der Waals surface area contributed by atoms with Gasteiger partial charge in [0.25, 0.3) is 0 Å². The van der Waals surface area contributed by atoms with Gasteiger partial charge in [-0.15, -0.1) is 0 Å². The third-order valence-corrected chi connectivity index (χ3v) is 3.31. The fraction of sp³-hybridized carbons (Fsp3) is 0.438. The highest BCUT2D eigenvalue weighted by atomic mass is 16.5. The topological polar surface area (TPSA) is 50.4 Å². The van der Waals surface area contributed by atoms with Crippen molar-refractivity contribution >= 4 is 6.03 Å². The van der Waals surface area contributed by atoms with Gasteiger partial charge < -0.3 is 15.4 Å². The van der Waals surface area contributed by atoms with Gasteiger partial charge in [0, 0.05) is 6.20 Å². The van der Waals surface area contributed by atoms with Gasteiger partial charge in [-0.1, -0.05) is 31.6 Å². The second-order valence-electron chi connectivity index (χ2n) is 5.16. The zero-order valence-electron chi connectivity index (χ0n) is 12.9. The number of carbonyl (C=O) groups is 1. The van der Waals surface area contributed by atoms with E-state index in [1.165, 1.54) is 0 Å². The molecule has 1 atom stereocenters. The standard InChI is InChI=1S/C16H24N2O2/c1-11(2)12(3)10-17-16(19)18-13(4)14-6-8-15(20-5)9-7-14/h6-11,13H,1-5H3,(H2,17,18,19)/b12-10+. The summed E-state index contributed by atoms with van der Waals surface area (Å²) >= 11 is 0. The molecule has 2 amide bonds. The van der Waals surface area contributed by atoms with Crippen LogP contribution in [0.15, 0.2) is 36.0 Å². The highest BCUT2D eigenvalue weighted by molar-refractivity contribution is 5.75. The lowest BCUT2D eigenvalue weighted by atomic mass is 10.1. The minimum absolute atomic E-state index is 0.0614. The van der Waals surface area contributed by atoms with Crippen molar-refractivity contribution in [1.29, 1.82) is 0 Å². The van der Waals surface area contributed by atoms with E-state index in [0.717, 1.165) is 16.9 Å². The molecule has 0 aliphatic heterocycles. The van der Waals surface area contributed by atoms with Gasteiger partial charge in [-0.3, -0.25) is 0 Å². The monoisotopic (exact) mass is 276 g/mol. The Kier molecular flexibility index (Phi) is 6.10. The summed E-state index contributed by atoms with van der Waals surface area (Å²) in [4.78, 5) is 11.8. The molecule has 4 nitrogen and oxygen atoms in total. The Bertz CT molecular complexity index is 464. The van der Waals surface area contributed by atoms with Crippen molar-refractivity contribution in [2.24, 2.45) is 5.92 Å². The summed E-state index contributed by atoms with van der Waals surface area (Å²) in [5, 5.41) is 5.64. The van der Waals surface area contributed by atoms with Gasteiger partial charge in [0.05, 0.1) is 13.2 Å². The quantitative estimate of drug-likeness (QED) is 0.863. The van der Waals surface area contributed by atoms with Gasteiger partial charge in [0.1, 0.15) is 5.75 Å². The predicted octanol–water partition coefficient (Wildman–Crippen LogP) is 3.62. The largest absolute Gasteiger partial charge is 0.497 e. The van der Waals surface area contributed by atoms with Crippen LogP contribution in [0.4, 0.5) is 4.79 Å². The van der Waals surface area contributed by atoms with Crippen LogP contribution in [0, 0.1) is 5.92 Å². The van der Waals surface area contributed by atoms with Gasteiger partial charge in [-0.25, -0.2) is 4.79 Å². The molecule has 1 unspecified atom stereocenters. The molecule has 1 aromatic rings. The SMILES string of the molecule is COc1ccc(C(C)NC(=O)N/C=C(\C)C(C)C)cc1. The maximum atomic E-state index is 11.8. The van der Waals surface area contributed by atoms with Crippen LogP contribution in [-0.4, -0.2) is 13.1 Å². The average Bonchev–Trinajstić information content (AvgIpc) is 2.44. The Balaban J connectivity index is 2.54. The maximum Gasteiger partial charge on any atom is 0.319 e. The summed E-state index contributed by atoms with van der Waals surface area (Å²) in [6, 6.07) is 7.39. The van der Waals surface area contributed by atoms with E-state index in [9.17, 15) is 4.79 Å². The minimum Gasteiger partial charge on any atom is -0.497 e. The van der Waals surface area contributed by atoms with E-state index in [0.29, 0.717) is 5.92 Å². The molecular formula is C16H24N2O2. The number of carbonyl (C=O) groups excluding carboxylic acids is 1. The lowest BCUT2D eigenvalue weighted by Crippen LogP contribution is -2.34. The Labute approximate surface area is 121 Å². The van der Waals surface area contributed by atoms with E-state index in [2.05, 4.69) is 24.5 Å². The molecule has 0 saturated carbocycles. The van der Waals surface area contributed by atoms with Crippen molar-refractivity contribution in [1.82, 2.24) is 10.6 Å². The fourth-order valence-corrected chi connectivity index (χ4v) is 1.56. The van der Waals surface area contributed by atoms with Crippen LogP contribution < -0.4 is 15.4 Å². The number of rotatable bonds is 5. The van der Waals surface area contributed by atoms with E-state index in [-0.39, 0.29) is 12.1 Å². The molecule has 0 saturated heterocycles. The summed E-state index contributed by atoms with van der Waals surface area (Å²) in [7, 11) is 1.63. The summed E-state index contributed by atoms with van der Waals surface area (Å²) in [6.07, 6.45) is 1.75. The number of allylic oxidation sites excluding steroid dienone is 1. The number of urea groups is 1. The van der Waals surface area contributed by atoms with Crippen LogP contribution in [0.1, 0.15) is 39.3 Å². The van der Waals surface area contributed by atoms with Crippen LogP contribution >= 0.6 is 0 Å². The van der Waals surface area contributed by atoms with Crippen molar-refractivity contribution in [3.8, 4) is 5.75 Å². The van der Waals surface area contributed by atoms with Crippen molar-refractivity contribution in [3.05, 3.63) is 41.6 Å². The third-order valence-electron chi connectivity index (χ3n) is 3.31. The van der Waals surface area contributed by atoms with Gasteiger partial charge in [-0.05, 0) is 37.5 Å². The van der Waals surface area contributed by atoms with Crippen LogP contribution in [0.3, 0.4) is 0 Å². The molecule has 0 aliphatic rings. The van der Waals surface area contributed by atoms with Gasteiger partial charge in [-0.2, -0.15) is 0 Å². The number of benzene rings is 1. The van der Waals surface area contributed by atoms with Crippen LogP contribution in [0.25, 0.3) is 0 Å². The Morgan fingerprint density at radius 1 is 1.20 bits per heavy atom. The van der Waals surface area contributed by atoms with Gasteiger partial charge >= 0.3 is 6.03 Å². The van der Waals surface area contributed by atoms with E-state index in [1.54, 1.807) is 13.3 Å². The first-order chi connectivity index (χ1) is 9.43. The van der Waals surface area contributed by atoms with Crippen molar-refractivity contribution in [2.75, 3.05) is 7.11 Å². The number of hydrogen-bond acceptors (Lipinski definition) is 2. The molecule has 2 N–H and O–H groups in total. The summed E-state index contributed by atoms with van der Waals surface area (Å²) in [5.74, 6) is 1.23. The highest BCUT2D eigenvalue weighted by Gasteiger charge is 2.08. The van der Waals surface area contributed by atoms with Crippen molar-refractivity contribution < 1.29 is 9.53 Å². The van der Waals surface area contributed by atoms with E-state index < -0.39 is 0 Å². The molecule has 0 radical (unpaired) electrons. The maximum absolute atomic E-state index is 11.8. The molecule has 0 fully saturated rings. The predicted molar refractivity (Wildman–Crippen MR) is 81.7 cm³/mol. The molecule has 0 bridgehead atoms. The highest BCUT2D eigenvalue weighted by Crippen LogP contribution is 2.17. The van der Waals surface area contributed by atoms with Crippen LogP contribution in [-0.2, 0) is 0 Å². The Morgan fingerprint density at radius 3 is 2.30 bits per heavy atom. The summed E-state index contributed by atoms with van der Waals surface area (Å²) < 4.78 is 5.11. The van der Waals surface area contributed by atoms with Crippen LogP contribution in [0.2, 0.25) is 0 Å².